The molecule has 1 heterocycles. The average Bonchev–Trinajstić information content (AvgIpc) is 2.45. The molecule has 0 aliphatic carbocycles. The number of allylic oxidation sites excluding steroid dienone is 1. The molecule has 1 aromatic heterocycles. The van der Waals surface area contributed by atoms with Gasteiger partial charge in [0.05, 0.1) is 5.69 Å². The Hall–Kier alpha value is -0.870. The summed E-state index contributed by atoms with van der Waals surface area (Å²) in [7, 11) is 3.75. The summed E-state index contributed by atoms with van der Waals surface area (Å²) in [5.41, 5.74) is 0.766. The van der Waals surface area contributed by atoms with E-state index >= 15 is 0 Å². The van der Waals surface area contributed by atoms with Crippen LogP contribution in [0.4, 0.5) is 0 Å². The highest BCUT2D eigenvalue weighted by molar-refractivity contribution is 7.71. The fraction of sp³-hybridized carbons (Fsp3) is 0.545. The predicted octanol–water partition coefficient (Wildman–Crippen LogP) is 2.27. The van der Waals surface area contributed by atoms with Crippen LogP contribution < -0.4 is 0 Å². The number of hydrogen-bond donors (Lipinski definition) is 1. The quantitative estimate of drug-likeness (QED) is 0.619. The SMILES string of the molecule is C/C=C(\C)C(C)(O)c1cn(C)c(=S)n1C. The van der Waals surface area contributed by atoms with Gasteiger partial charge in [0.2, 0.25) is 0 Å². The zero-order valence-electron chi connectivity index (χ0n) is 9.90. The van der Waals surface area contributed by atoms with Gasteiger partial charge >= 0.3 is 0 Å². The molecule has 0 aliphatic heterocycles. The first-order valence-electron chi connectivity index (χ1n) is 4.91. The van der Waals surface area contributed by atoms with Gasteiger partial charge in [-0.2, -0.15) is 0 Å². The van der Waals surface area contributed by atoms with Crippen LogP contribution >= 0.6 is 12.2 Å². The van der Waals surface area contributed by atoms with E-state index in [9.17, 15) is 5.11 Å². The van der Waals surface area contributed by atoms with Crippen molar-refractivity contribution >= 4 is 12.2 Å². The first-order chi connectivity index (χ1) is 6.82. The molecule has 0 fully saturated rings. The van der Waals surface area contributed by atoms with Gasteiger partial charge in [0.25, 0.3) is 0 Å². The smallest absolute Gasteiger partial charge is 0.179 e. The molecule has 0 radical (unpaired) electrons. The zero-order valence-corrected chi connectivity index (χ0v) is 10.7. The second kappa shape index (κ2) is 3.94. The minimum atomic E-state index is -0.960. The van der Waals surface area contributed by atoms with Crippen molar-refractivity contribution in [3.8, 4) is 0 Å². The molecule has 0 saturated carbocycles. The molecule has 1 atom stereocenters. The summed E-state index contributed by atoms with van der Waals surface area (Å²) >= 11 is 5.20. The highest BCUT2D eigenvalue weighted by atomic mass is 32.1. The fourth-order valence-electron chi connectivity index (χ4n) is 1.60. The van der Waals surface area contributed by atoms with Crippen molar-refractivity contribution in [1.82, 2.24) is 9.13 Å². The Kier molecular flexibility index (Phi) is 3.21. The third-order valence-electron chi connectivity index (χ3n) is 2.97. The Balaban J connectivity index is 3.40. The second-order valence-corrected chi connectivity index (χ2v) is 4.38. The Bertz CT molecular complexity index is 452. The van der Waals surface area contributed by atoms with Crippen LogP contribution in [0, 0.1) is 4.77 Å². The molecule has 0 bridgehead atoms. The maximum Gasteiger partial charge on any atom is 0.179 e. The van der Waals surface area contributed by atoms with Crippen molar-refractivity contribution < 1.29 is 5.11 Å². The summed E-state index contributed by atoms with van der Waals surface area (Å²) in [4.78, 5) is 0. The van der Waals surface area contributed by atoms with Crippen molar-refractivity contribution in [3.05, 3.63) is 28.3 Å². The van der Waals surface area contributed by atoms with E-state index in [1.54, 1.807) is 6.92 Å². The summed E-state index contributed by atoms with van der Waals surface area (Å²) in [6.45, 7) is 5.61. The molecular formula is C11H18N2OS. The van der Waals surface area contributed by atoms with Crippen LogP contribution in [-0.4, -0.2) is 14.2 Å². The lowest BCUT2D eigenvalue weighted by Gasteiger charge is -2.24. The van der Waals surface area contributed by atoms with E-state index in [2.05, 4.69) is 0 Å². The van der Waals surface area contributed by atoms with Gasteiger partial charge in [0.1, 0.15) is 5.60 Å². The van der Waals surface area contributed by atoms with E-state index in [1.165, 1.54) is 0 Å². The molecule has 1 unspecified atom stereocenters. The van der Waals surface area contributed by atoms with Crippen LogP contribution in [0.3, 0.4) is 0 Å². The first kappa shape index (κ1) is 12.2. The van der Waals surface area contributed by atoms with Crippen molar-refractivity contribution in [2.45, 2.75) is 26.4 Å². The first-order valence-corrected chi connectivity index (χ1v) is 5.31. The standard InChI is InChI=1S/C11H18N2OS/c1-6-8(2)11(3,14)9-7-12(4)10(15)13(9)5/h6-7,14H,1-5H3/b8-6+. The predicted molar refractivity (Wildman–Crippen MR) is 64.2 cm³/mol. The molecule has 0 aromatic carbocycles. The van der Waals surface area contributed by atoms with Crippen molar-refractivity contribution in [1.29, 1.82) is 0 Å². The number of aromatic nitrogens is 2. The molecule has 4 heteroatoms. The molecule has 1 N–H and O–H groups in total. The number of hydrogen-bond acceptors (Lipinski definition) is 2. The highest BCUT2D eigenvalue weighted by Gasteiger charge is 2.28. The fourth-order valence-corrected chi connectivity index (χ4v) is 1.75. The number of imidazole rings is 1. The molecular weight excluding hydrogens is 208 g/mol. The van der Waals surface area contributed by atoms with Gasteiger partial charge in [-0.05, 0) is 38.6 Å². The summed E-state index contributed by atoms with van der Waals surface area (Å²) in [5.74, 6) is 0. The second-order valence-electron chi connectivity index (χ2n) is 4.01. The Labute approximate surface area is 95.7 Å². The molecule has 0 saturated heterocycles. The topological polar surface area (TPSA) is 30.1 Å². The van der Waals surface area contributed by atoms with E-state index in [4.69, 9.17) is 12.2 Å². The van der Waals surface area contributed by atoms with Gasteiger partial charge in [-0.15, -0.1) is 0 Å². The molecule has 84 valence electrons. The van der Waals surface area contributed by atoms with Gasteiger partial charge in [-0.1, -0.05) is 6.08 Å². The minimum absolute atomic E-state index is 0.703. The van der Waals surface area contributed by atoms with Crippen LogP contribution in [-0.2, 0) is 19.7 Å². The van der Waals surface area contributed by atoms with Gasteiger partial charge in [-0.3, -0.25) is 0 Å². The average molecular weight is 226 g/mol. The third kappa shape index (κ3) is 1.92. The van der Waals surface area contributed by atoms with E-state index in [1.807, 2.05) is 49.3 Å². The monoisotopic (exact) mass is 226 g/mol. The third-order valence-corrected chi connectivity index (χ3v) is 3.53. The van der Waals surface area contributed by atoms with Gasteiger partial charge in [0, 0.05) is 20.3 Å². The van der Waals surface area contributed by atoms with Gasteiger partial charge in [-0.25, -0.2) is 0 Å². The Morgan fingerprint density at radius 1 is 1.53 bits per heavy atom. The zero-order chi connectivity index (χ0) is 11.8. The number of aliphatic hydroxyl groups is 1. The van der Waals surface area contributed by atoms with Crippen LogP contribution in [0.25, 0.3) is 0 Å². The lowest BCUT2D eigenvalue weighted by Crippen LogP contribution is -2.25. The summed E-state index contributed by atoms with van der Waals surface area (Å²) in [6.07, 6.45) is 3.78. The number of rotatable bonds is 2. The van der Waals surface area contributed by atoms with Crippen LogP contribution in [0.1, 0.15) is 26.5 Å². The lowest BCUT2D eigenvalue weighted by atomic mass is 9.93. The number of nitrogens with zero attached hydrogens (tertiary/aromatic N) is 2. The van der Waals surface area contributed by atoms with Crippen LogP contribution in [0.2, 0.25) is 0 Å². The van der Waals surface area contributed by atoms with Crippen molar-refractivity contribution in [2.24, 2.45) is 14.1 Å². The van der Waals surface area contributed by atoms with Crippen LogP contribution in [0.5, 0.6) is 0 Å². The molecule has 1 rings (SSSR count). The lowest BCUT2D eigenvalue weighted by molar-refractivity contribution is 0.0892. The van der Waals surface area contributed by atoms with Gasteiger partial charge < -0.3 is 14.2 Å². The summed E-state index contributed by atoms with van der Waals surface area (Å²) in [6, 6.07) is 0. The van der Waals surface area contributed by atoms with Crippen molar-refractivity contribution in [3.63, 3.8) is 0 Å². The molecule has 15 heavy (non-hydrogen) atoms. The van der Waals surface area contributed by atoms with Crippen molar-refractivity contribution in [2.75, 3.05) is 0 Å². The summed E-state index contributed by atoms with van der Waals surface area (Å²) < 4.78 is 4.37. The van der Waals surface area contributed by atoms with Gasteiger partial charge in [0.15, 0.2) is 4.77 Å². The summed E-state index contributed by atoms with van der Waals surface area (Å²) in [5, 5.41) is 10.4. The highest BCUT2D eigenvalue weighted by Crippen LogP contribution is 2.28. The van der Waals surface area contributed by atoms with E-state index < -0.39 is 5.60 Å². The van der Waals surface area contributed by atoms with E-state index in [0.29, 0.717) is 4.77 Å². The molecule has 0 amide bonds. The Morgan fingerprint density at radius 3 is 2.40 bits per heavy atom. The largest absolute Gasteiger partial charge is 0.379 e. The maximum absolute atomic E-state index is 10.4. The maximum atomic E-state index is 10.4. The Morgan fingerprint density at radius 2 is 2.07 bits per heavy atom. The molecule has 3 nitrogen and oxygen atoms in total. The minimum Gasteiger partial charge on any atom is -0.379 e. The molecule has 1 aromatic rings. The molecule has 0 spiro atoms. The van der Waals surface area contributed by atoms with E-state index in [0.717, 1.165) is 11.3 Å². The number of aryl methyl sites for hydroxylation is 1. The van der Waals surface area contributed by atoms with E-state index in [-0.39, 0.29) is 0 Å². The molecule has 0 aliphatic rings. The normalized spacial score (nSPS) is 16.5. The van der Waals surface area contributed by atoms with Crippen LogP contribution in [0.15, 0.2) is 17.8 Å².